The van der Waals surface area contributed by atoms with Gasteiger partial charge in [0.05, 0.1) is 16.2 Å². The highest BCUT2D eigenvalue weighted by Crippen LogP contribution is 2.24. The Morgan fingerprint density at radius 3 is 2.72 bits per heavy atom. The van der Waals surface area contributed by atoms with E-state index >= 15 is 0 Å². The van der Waals surface area contributed by atoms with Crippen molar-refractivity contribution in [2.45, 2.75) is 51.1 Å². The van der Waals surface area contributed by atoms with Gasteiger partial charge in [0.15, 0.2) is 5.16 Å². The van der Waals surface area contributed by atoms with Crippen molar-refractivity contribution in [2.75, 3.05) is 6.54 Å². The third kappa shape index (κ3) is 4.98. The van der Waals surface area contributed by atoms with Crippen LogP contribution in [0.3, 0.4) is 0 Å². The van der Waals surface area contributed by atoms with Gasteiger partial charge in [0, 0.05) is 18.1 Å². The molecule has 1 aromatic heterocycles. The number of fused-ring (bicyclic) bond motifs is 1. The molecule has 0 radical (unpaired) electrons. The summed E-state index contributed by atoms with van der Waals surface area (Å²) in [4.78, 5) is 29.6. The molecule has 5 nitrogen and oxygen atoms in total. The topological polar surface area (TPSA) is 64.0 Å². The van der Waals surface area contributed by atoms with Gasteiger partial charge in [-0.25, -0.2) is 4.98 Å². The molecule has 0 saturated carbocycles. The first-order valence-electron chi connectivity index (χ1n) is 8.48. The lowest BCUT2D eigenvalue weighted by atomic mass is 10.1. The number of nitrogens with zero attached hydrogens (tertiary/aromatic N) is 2. The minimum Gasteiger partial charge on any atom is -0.355 e. The second-order valence-corrected chi connectivity index (χ2v) is 8.09. The fourth-order valence-electron chi connectivity index (χ4n) is 2.38. The van der Waals surface area contributed by atoms with Gasteiger partial charge in [-0.3, -0.25) is 14.2 Å². The summed E-state index contributed by atoms with van der Waals surface area (Å²) in [7, 11) is 0. The minimum absolute atomic E-state index is 0.0663. The quantitative estimate of drug-likeness (QED) is 0.586. The number of rotatable bonds is 7. The predicted molar refractivity (Wildman–Crippen MR) is 104 cm³/mol. The van der Waals surface area contributed by atoms with E-state index < -0.39 is 0 Å². The van der Waals surface area contributed by atoms with Crippen molar-refractivity contribution >= 4 is 40.2 Å². The maximum absolute atomic E-state index is 12.9. The largest absolute Gasteiger partial charge is 0.355 e. The number of hydrogen-bond donors (Lipinski definition) is 1. The molecule has 0 aliphatic heterocycles. The molecule has 1 heterocycles. The molecule has 1 aromatic carbocycles. The number of halogens is 1. The van der Waals surface area contributed by atoms with Crippen LogP contribution < -0.4 is 10.9 Å². The molecule has 0 bridgehead atoms. The van der Waals surface area contributed by atoms with Crippen LogP contribution in [-0.2, 0) is 11.3 Å². The highest BCUT2D eigenvalue weighted by atomic mass is 35.5. The van der Waals surface area contributed by atoms with Gasteiger partial charge in [0.2, 0.25) is 5.91 Å². The van der Waals surface area contributed by atoms with Gasteiger partial charge in [-0.05, 0) is 44.4 Å². The Balaban J connectivity index is 2.48. The van der Waals surface area contributed by atoms with Crippen LogP contribution in [0.5, 0.6) is 0 Å². The van der Waals surface area contributed by atoms with Crippen LogP contribution in [0.1, 0.15) is 34.1 Å². The number of carbonyl (C=O) groups is 1. The van der Waals surface area contributed by atoms with E-state index in [4.69, 9.17) is 11.6 Å². The maximum Gasteiger partial charge on any atom is 0.262 e. The van der Waals surface area contributed by atoms with Crippen LogP contribution in [0.2, 0.25) is 5.02 Å². The minimum atomic E-state index is -0.339. The molecule has 136 valence electrons. The Labute approximate surface area is 157 Å². The third-order valence-corrected chi connectivity index (χ3v) is 5.14. The summed E-state index contributed by atoms with van der Waals surface area (Å²) in [5, 5.41) is 4.09. The lowest BCUT2D eigenvalue weighted by Gasteiger charge is -2.17. The van der Waals surface area contributed by atoms with E-state index in [0.29, 0.717) is 40.1 Å². The van der Waals surface area contributed by atoms with Gasteiger partial charge in [-0.15, -0.1) is 0 Å². The van der Waals surface area contributed by atoms with Crippen LogP contribution in [0.4, 0.5) is 0 Å². The van der Waals surface area contributed by atoms with Crippen LogP contribution in [0.15, 0.2) is 28.2 Å². The van der Waals surface area contributed by atoms with Crippen molar-refractivity contribution in [3.05, 3.63) is 33.6 Å². The molecule has 1 N–H and O–H groups in total. The second-order valence-electron chi connectivity index (χ2n) is 6.35. The number of aromatic nitrogens is 2. The molecule has 0 unspecified atom stereocenters. The van der Waals surface area contributed by atoms with Crippen LogP contribution in [0.25, 0.3) is 10.9 Å². The maximum atomic E-state index is 12.9. The first-order valence-corrected chi connectivity index (χ1v) is 9.73. The normalized spacial score (nSPS) is 12.6. The first-order chi connectivity index (χ1) is 11.8. The number of benzene rings is 1. The van der Waals surface area contributed by atoms with E-state index in [9.17, 15) is 9.59 Å². The summed E-state index contributed by atoms with van der Waals surface area (Å²) in [6.07, 6.45) is 0.865. The Kier molecular flexibility index (Phi) is 6.90. The summed E-state index contributed by atoms with van der Waals surface area (Å²) in [6.45, 7) is 9.07. The fourth-order valence-corrected chi connectivity index (χ4v) is 3.50. The van der Waals surface area contributed by atoms with E-state index in [0.717, 1.165) is 6.42 Å². The Morgan fingerprint density at radius 1 is 1.36 bits per heavy atom. The Hall–Kier alpha value is -1.53. The number of carbonyl (C=O) groups excluding carboxylic acids is 1. The van der Waals surface area contributed by atoms with Crippen LogP contribution in [-0.4, -0.2) is 27.3 Å². The summed E-state index contributed by atoms with van der Waals surface area (Å²) in [5.74, 6) is 0.398. The van der Waals surface area contributed by atoms with E-state index in [2.05, 4.69) is 24.1 Å². The van der Waals surface area contributed by atoms with E-state index in [1.165, 1.54) is 11.8 Å². The lowest BCUT2D eigenvalue weighted by Crippen LogP contribution is -2.32. The van der Waals surface area contributed by atoms with E-state index in [1.54, 1.807) is 22.8 Å². The Bertz CT molecular complexity index is 820. The summed E-state index contributed by atoms with van der Waals surface area (Å²) in [6, 6.07) is 5.09. The Morgan fingerprint density at radius 2 is 2.08 bits per heavy atom. The van der Waals surface area contributed by atoms with E-state index in [1.807, 2.05) is 13.8 Å². The van der Waals surface area contributed by atoms with Gasteiger partial charge in [0.1, 0.15) is 0 Å². The van der Waals surface area contributed by atoms with Gasteiger partial charge < -0.3 is 5.32 Å². The second kappa shape index (κ2) is 8.72. The van der Waals surface area contributed by atoms with Crippen molar-refractivity contribution in [2.24, 2.45) is 5.92 Å². The number of nitrogens with one attached hydrogen (secondary N) is 1. The molecule has 25 heavy (non-hydrogen) atoms. The monoisotopic (exact) mass is 381 g/mol. The fraction of sp³-hybridized carbons (Fsp3) is 0.500. The van der Waals surface area contributed by atoms with Gasteiger partial charge in [-0.2, -0.15) is 0 Å². The highest BCUT2D eigenvalue weighted by Gasteiger charge is 2.19. The highest BCUT2D eigenvalue weighted by molar-refractivity contribution is 8.00. The molecule has 1 amide bonds. The molecule has 2 aromatic rings. The van der Waals surface area contributed by atoms with Gasteiger partial charge in [0.25, 0.3) is 5.56 Å². The predicted octanol–water partition coefficient (Wildman–Crippen LogP) is 3.71. The van der Waals surface area contributed by atoms with Gasteiger partial charge >= 0.3 is 0 Å². The molecule has 7 heteroatoms. The van der Waals surface area contributed by atoms with Crippen molar-refractivity contribution < 1.29 is 4.79 Å². The summed E-state index contributed by atoms with van der Waals surface area (Å²) in [5.41, 5.74) is 0.469. The SMILES string of the molecule is CCNC(=O)[C@@H](C)Sc1nc2cc(Cl)ccc2c(=O)n1CCC(C)C. The van der Waals surface area contributed by atoms with Crippen molar-refractivity contribution in [3.63, 3.8) is 0 Å². The molecule has 2 rings (SSSR count). The van der Waals surface area contributed by atoms with Crippen molar-refractivity contribution in [1.29, 1.82) is 0 Å². The van der Waals surface area contributed by atoms with Gasteiger partial charge in [-0.1, -0.05) is 37.2 Å². The molecule has 0 aliphatic rings. The molecular weight excluding hydrogens is 358 g/mol. The molecule has 0 saturated heterocycles. The summed E-state index contributed by atoms with van der Waals surface area (Å²) < 4.78 is 1.68. The molecule has 0 aliphatic carbocycles. The average Bonchev–Trinajstić information content (AvgIpc) is 2.54. The zero-order valence-electron chi connectivity index (χ0n) is 15.0. The van der Waals surface area contributed by atoms with E-state index in [-0.39, 0.29) is 16.7 Å². The lowest BCUT2D eigenvalue weighted by molar-refractivity contribution is -0.120. The van der Waals surface area contributed by atoms with Crippen LogP contribution in [0, 0.1) is 5.92 Å². The first kappa shape index (κ1) is 19.8. The number of hydrogen-bond acceptors (Lipinski definition) is 4. The zero-order chi connectivity index (χ0) is 18.6. The standard InChI is InChI=1S/C18H24ClN3O2S/c1-5-20-16(23)12(4)25-18-21-15-10-13(19)6-7-14(15)17(24)22(18)9-8-11(2)3/h6-7,10-12H,5,8-9H2,1-4H3,(H,20,23)/t12-/m1/s1. The smallest absolute Gasteiger partial charge is 0.262 e. The third-order valence-electron chi connectivity index (χ3n) is 3.81. The average molecular weight is 382 g/mol. The molecular formula is C18H24ClN3O2S. The number of thioether (sulfide) groups is 1. The van der Waals surface area contributed by atoms with Crippen LogP contribution >= 0.6 is 23.4 Å². The number of amides is 1. The van der Waals surface area contributed by atoms with Crippen molar-refractivity contribution in [3.8, 4) is 0 Å². The zero-order valence-corrected chi connectivity index (χ0v) is 16.6. The molecule has 0 fully saturated rings. The van der Waals surface area contributed by atoms with Crippen molar-refractivity contribution in [1.82, 2.24) is 14.9 Å². The molecule has 1 atom stereocenters. The molecule has 0 spiro atoms. The summed E-state index contributed by atoms with van der Waals surface area (Å²) >= 11 is 7.35.